The Labute approximate surface area is 109 Å². The van der Waals surface area contributed by atoms with E-state index in [4.69, 9.17) is 5.26 Å². The number of hydrogen-bond acceptors (Lipinski definition) is 2. The summed E-state index contributed by atoms with van der Waals surface area (Å²) in [6.45, 7) is 7.31. The van der Waals surface area contributed by atoms with Crippen LogP contribution in [0, 0.1) is 24.2 Å². The third kappa shape index (κ3) is 4.21. The standard InChI is InChI=1S/C15H20N2O/c1-12(2)11-17(9-5-8-16)15(18)14-7-4-6-13(3)10-14/h4,6-7,10,12H,5,9,11H2,1-3H3. The number of amides is 1. The van der Waals surface area contributed by atoms with Crippen molar-refractivity contribution in [1.29, 1.82) is 5.26 Å². The molecule has 0 saturated carbocycles. The molecule has 0 radical (unpaired) electrons. The zero-order valence-corrected chi connectivity index (χ0v) is 11.3. The summed E-state index contributed by atoms with van der Waals surface area (Å²) in [7, 11) is 0. The molecule has 0 aliphatic carbocycles. The van der Waals surface area contributed by atoms with Gasteiger partial charge in [-0.05, 0) is 25.0 Å². The molecule has 3 nitrogen and oxygen atoms in total. The highest BCUT2D eigenvalue weighted by molar-refractivity contribution is 5.94. The minimum atomic E-state index is 0.0163. The molecule has 1 rings (SSSR count). The van der Waals surface area contributed by atoms with Crippen LogP contribution >= 0.6 is 0 Å². The maximum atomic E-state index is 12.4. The number of carbonyl (C=O) groups is 1. The van der Waals surface area contributed by atoms with E-state index in [1.807, 2.05) is 31.2 Å². The van der Waals surface area contributed by atoms with Gasteiger partial charge in [-0.25, -0.2) is 0 Å². The molecule has 0 aromatic heterocycles. The number of nitriles is 1. The third-order valence-corrected chi connectivity index (χ3v) is 2.63. The van der Waals surface area contributed by atoms with E-state index >= 15 is 0 Å². The first-order valence-corrected chi connectivity index (χ1v) is 6.27. The summed E-state index contributed by atoms with van der Waals surface area (Å²) in [5.41, 5.74) is 1.78. The topological polar surface area (TPSA) is 44.1 Å². The molecule has 0 saturated heterocycles. The normalized spacial score (nSPS) is 10.2. The fraction of sp³-hybridized carbons (Fsp3) is 0.467. The zero-order valence-electron chi connectivity index (χ0n) is 11.3. The number of benzene rings is 1. The predicted octanol–water partition coefficient (Wildman–Crippen LogP) is 3.01. The molecule has 0 aliphatic heterocycles. The minimum absolute atomic E-state index is 0.0163. The Balaban J connectivity index is 2.84. The predicted molar refractivity (Wildman–Crippen MR) is 72.2 cm³/mol. The second-order valence-electron chi connectivity index (χ2n) is 4.92. The van der Waals surface area contributed by atoms with Gasteiger partial charge >= 0.3 is 0 Å². The van der Waals surface area contributed by atoms with Crippen LogP contribution in [0.1, 0.15) is 36.2 Å². The van der Waals surface area contributed by atoms with Gasteiger partial charge in [0.1, 0.15) is 0 Å². The van der Waals surface area contributed by atoms with Crippen LogP contribution in [-0.2, 0) is 0 Å². The SMILES string of the molecule is Cc1cccc(C(=O)N(CCC#N)CC(C)C)c1. The molecular weight excluding hydrogens is 224 g/mol. The minimum Gasteiger partial charge on any atom is -0.337 e. The Morgan fingerprint density at radius 2 is 2.17 bits per heavy atom. The van der Waals surface area contributed by atoms with Crippen molar-refractivity contribution in [3.05, 3.63) is 35.4 Å². The average molecular weight is 244 g/mol. The first kappa shape index (κ1) is 14.2. The molecule has 0 fully saturated rings. The van der Waals surface area contributed by atoms with E-state index in [1.165, 1.54) is 0 Å². The molecule has 18 heavy (non-hydrogen) atoms. The Morgan fingerprint density at radius 1 is 1.44 bits per heavy atom. The van der Waals surface area contributed by atoms with E-state index in [1.54, 1.807) is 4.90 Å². The lowest BCUT2D eigenvalue weighted by Crippen LogP contribution is -2.35. The van der Waals surface area contributed by atoms with Crippen molar-refractivity contribution in [3.8, 4) is 6.07 Å². The number of carbonyl (C=O) groups excluding carboxylic acids is 1. The van der Waals surface area contributed by atoms with E-state index in [0.717, 1.165) is 5.56 Å². The lowest BCUT2D eigenvalue weighted by atomic mass is 10.1. The number of aryl methyl sites for hydroxylation is 1. The average Bonchev–Trinajstić information content (AvgIpc) is 2.33. The van der Waals surface area contributed by atoms with Crippen LogP contribution in [0.3, 0.4) is 0 Å². The van der Waals surface area contributed by atoms with Crippen LogP contribution in [0.5, 0.6) is 0 Å². The van der Waals surface area contributed by atoms with Gasteiger partial charge in [-0.2, -0.15) is 5.26 Å². The summed E-state index contributed by atoms with van der Waals surface area (Å²) >= 11 is 0. The summed E-state index contributed by atoms with van der Waals surface area (Å²) in [6.07, 6.45) is 0.379. The van der Waals surface area contributed by atoms with Gasteiger partial charge < -0.3 is 4.90 Å². The van der Waals surface area contributed by atoms with Crippen LogP contribution < -0.4 is 0 Å². The van der Waals surface area contributed by atoms with Crippen LogP contribution in [0.4, 0.5) is 0 Å². The lowest BCUT2D eigenvalue weighted by Gasteiger charge is -2.23. The van der Waals surface area contributed by atoms with E-state index in [2.05, 4.69) is 19.9 Å². The van der Waals surface area contributed by atoms with Crippen molar-refractivity contribution < 1.29 is 4.79 Å². The van der Waals surface area contributed by atoms with E-state index in [9.17, 15) is 4.79 Å². The van der Waals surface area contributed by atoms with E-state index < -0.39 is 0 Å². The maximum Gasteiger partial charge on any atom is 0.253 e. The molecule has 0 bridgehead atoms. The summed E-state index contributed by atoms with van der Waals surface area (Å²) < 4.78 is 0. The highest BCUT2D eigenvalue weighted by atomic mass is 16.2. The maximum absolute atomic E-state index is 12.4. The zero-order chi connectivity index (χ0) is 13.5. The van der Waals surface area contributed by atoms with Gasteiger partial charge in [0.2, 0.25) is 0 Å². The lowest BCUT2D eigenvalue weighted by molar-refractivity contribution is 0.0740. The Bertz CT molecular complexity index is 446. The third-order valence-electron chi connectivity index (χ3n) is 2.63. The fourth-order valence-corrected chi connectivity index (χ4v) is 1.86. The number of hydrogen-bond donors (Lipinski definition) is 0. The first-order valence-electron chi connectivity index (χ1n) is 6.27. The highest BCUT2D eigenvalue weighted by Gasteiger charge is 2.16. The van der Waals surface area contributed by atoms with Gasteiger partial charge in [-0.3, -0.25) is 4.79 Å². The molecule has 0 atom stereocenters. The van der Waals surface area contributed by atoms with Gasteiger partial charge in [0.15, 0.2) is 0 Å². The Kier molecular flexibility index (Phi) is 5.38. The molecule has 3 heteroatoms. The molecule has 1 amide bonds. The van der Waals surface area contributed by atoms with Gasteiger partial charge in [0.25, 0.3) is 5.91 Å². The van der Waals surface area contributed by atoms with E-state index in [0.29, 0.717) is 31.0 Å². The number of nitrogens with zero attached hydrogens (tertiary/aromatic N) is 2. The van der Waals surface area contributed by atoms with Crippen LogP contribution in [0.15, 0.2) is 24.3 Å². The smallest absolute Gasteiger partial charge is 0.253 e. The molecule has 1 aromatic rings. The fourth-order valence-electron chi connectivity index (χ4n) is 1.86. The highest BCUT2D eigenvalue weighted by Crippen LogP contribution is 2.10. The van der Waals surface area contributed by atoms with Crippen molar-refractivity contribution in [3.63, 3.8) is 0 Å². The number of rotatable bonds is 5. The molecule has 0 aliphatic rings. The molecule has 0 heterocycles. The van der Waals surface area contributed by atoms with Crippen LogP contribution in [0.25, 0.3) is 0 Å². The largest absolute Gasteiger partial charge is 0.337 e. The molecule has 0 N–H and O–H groups in total. The van der Waals surface area contributed by atoms with Gasteiger partial charge in [-0.1, -0.05) is 31.5 Å². The van der Waals surface area contributed by atoms with Crippen molar-refractivity contribution >= 4 is 5.91 Å². The first-order chi connectivity index (χ1) is 8.54. The van der Waals surface area contributed by atoms with Crippen molar-refractivity contribution in [1.82, 2.24) is 4.90 Å². The Morgan fingerprint density at radius 3 is 2.72 bits per heavy atom. The van der Waals surface area contributed by atoms with Crippen molar-refractivity contribution in [2.75, 3.05) is 13.1 Å². The van der Waals surface area contributed by atoms with Crippen molar-refractivity contribution in [2.45, 2.75) is 27.2 Å². The molecule has 0 unspecified atom stereocenters. The van der Waals surface area contributed by atoms with E-state index in [-0.39, 0.29) is 5.91 Å². The van der Waals surface area contributed by atoms with Crippen LogP contribution in [-0.4, -0.2) is 23.9 Å². The molecule has 1 aromatic carbocycles. The molecular formula is C15H20N2O. The molecule has 96 valence electrons. The monoisotopic (exact) mass is 244 g/mol. The summed E-state index contributed by atoms with van der Waals surface area (Å²) in [4.78, 5) is 14.1. The quantitative estimate of drug-likeness (QED) is 0.799. The Hall–Kier alpha value is -1.82. The second-order valence-corrected chi connectivity index (χ2v) is 4.92. The second kappa shape index (κ2) is 6.80. The van der Waals surface area contributed by atoms with Crippen molar-refractivity contribution in [2.24, 2.45) is 5.92 Å². The summed E-state index contributed by atoms with van der Waals surface area (Å²) in [5.74, 6) is 0.417. The summed E-state index contributed by atoms with van der Waals surface area (Å²) in [6, 6.07) is 9.67. The van der Waals surface area contributed by atoms with Gasteiger partial charge in [0.05, 0.1) is 12.5 Å². The summed E-state index contributed by atoms with van der Waals surface area (Å²) in [5, 5.41) is 8.66. The molecule has 0 spiro atoms. The van der Waals surface area contributed by atoms with Gasteiger partial charge in [-0.15, -0.1) is 0 Å². The van der Waals surface area contributed by atoms with Crippen LogP contribution in [0.2, 0.25) is 0 Å². The van der Waals surface area contributed by atoms with Gasteiger partial charge in [0, 0.05) is 18.7 Å².